The first-order chi connectivity index (χ1) is 12.9. The molecule has 1 aromatic rings. The Morgan fingerprint density at radius 2 is 1.96 bits per heavy atom. The van der Waals surface area contributed by atoms with Crippen molar-refractivity contribution in [2.45, 2.75) is 50.6 Å². The summed E-state index contributed by atoms with van der Waals surface area (Å²) in [7, 11) is 0. The van der Waals surface area contributed by atoms with Crippen LogP contribution in [0.1, 0.15) is 50.6 Å². The van der Waals surface area contributed by atoms with E-state index in [9.17, 15) is 14.4 Å². The monoisotopic (exact) mass is 372 g/mol. The molecule has 1 aliphatic heterocycles. The van der Waals surface area contributed by atoms with E-state index >= 15 is 0 Å². The Morgan fingerprint density at radius 3 is 2.59 bits per heavy atom. The molecule has 1 aromatic carbocycles. The number of hydrogen-bond acceptors (Lipinski definition) is 4. The lowest BCUT2D eigenvalue weighted by molar-refractivity contribution is -0.136. The van der Waals surface area contributed by atoms with Gasteiger partial charge in [-0.05, 0) is 37.2 Å². The molecule has 1 aliphatic carbocycles. The highest BCUT2D eigenvalue weighted by Crippen LogP contribution is 2.37. The lowest BCUT2D eigenvalue weighted by Gasteiger charge is -2.34. The summed E-state index contributed by atoms with van der Waals surface area (Å²) in [5.74, 6) is -0.0501. The van der Waals surface area contributed by atoms with Crippen molar-refractivity contribution < 1.29 is 14.4 Å². The van der Waals surface area contributed by atoms with Gasteiger partial charge in [-0.1, -0.05) is 43.7 Å². The van der Waals surface area contributed by atoms with Gasteiger partial charge in [-0.25, -0.2) is 4.79 Å². The first-order valence-electron chi connectivity index (χ1n) is 9.66. The molecular formula is C20H28N4O3. The average Bonchev–Trinajstić information content (AvgIpc) is 2.91. The fourth-order valence-corrected chi connectivity index (χ4v) is 3.98. The summed E-state index contributed by atoms with van der Waals surface area (Å²) in [6.07, 6.45) is 4.23. The quantitative estimate of drug-likeness (QED) is 0.661. The van der Waals surface area contributed by atoms with E-state index in [1.54, 1.807) is 0 Å². The molecule has 0 bridgehead atoms. The second-order valence-corrected chi connectivity index (χ2v) is 7.58. The van der Waals surface area contributed by atoms with Crippen molar-refractivity contribution in [3.8, 4) is 0 Å². The molecule has 1 atom stereocenters. The number of benzene rings is 1. The molecule has 1 saturated carbocycles. The molecule has 1 saturated heterocycles. The molecule has 2 fully saturated rings. The Hall–Kier alpha value is -2.41. The van der Waals surface area contributed by atoms with Crippen LogP contribution in [-0.2, 0) is 9.59 Å². The van der Waals surface area contributed by atoms with Crippen LogP contribution in [0.3, 0.4) is 0 Å². The highest BCUT2D eigenvalue weighted by Gasteiger charge is 2.52. The minimum Gasteiger partial charge on any atom is -0.353 e. The van der Waals surface area contributed by atoms with Crippen LogP contribution in [-0.4, -0.2) is 41.4 Å². The number of nitrogens with one attached hydrogen (secondary N) is 2. The van der Waals surface area contributed by atoms with Gasteiger partial charge in [-0.3, -0.25) is 14.5 Å². The fraction of sp³-hybridized carbons (Fsp3) is 0.550. The number of hydrogen-bond donors (Lipinski definition) is 3. The molecule has 7 heteroatoms. The van der Waals surface area contributed by atoms with Gasteiger partial charge in [-0.15, -0.1) is 0 Å². The van der Waals surface area contributed by atoms with E-state index in [0.717, 1.165) is 29.7 Å². The van der Waals surface area contributed by atoms with Crippen LogP contribution in [0.15, 0.2) is 30.3 Å². The number of rotatable bonds is 6. The maximum Gasteiger partial charge on any atom is 0.325 e. The number of urea groups is 1. The molecule has 4 amide bonds. The molecule has 7 nitrogen and oxygen atoms in total. The van der Waals surface area contributed by atoms with Gasteiger partial charge in [0.05, 0.1) is 0 Å². The van der Waals surface area contributed by atoms with E-state index in [2.05, 4.69) is 17.6 Å². The van der Waals surface area contributed by atoms with Gasteiger partial charge in [0.1, 0.15) is 12.1 Å². The van der Waals surface area contributed by atoms with Gasteiger partial charge < -0.3 is 16.4 Å². The zero-order valence-corrected chi connectivity index (χ0v) is 15.7. The molecule has 1 unspecified atom stereocenters. The molecule has 1 heterocycles. The smallest absolute Gasteiger partial charge is 0.325 e. The van der Waals surface area contributed by atoms with Gasteiger partial charge in [0, 0.05) is 12.6 Å². The van der Waals surface area contributed by atoms with Crippen molar-refractivity contribution in [1.82, 2.24) is 15.5 Å². The summed E-state index contributed by atoms with van der Waals surface area (Å²) >= 11 is 0. The number of amides is 4. The molecule has 146 valence electrons. The van der Waals surface area contributed by atoms with Crippen LogP contribution in [0, 0.1) is 5.92 Å². The number of nitrogens with zero attached hydrogens (tertiary/aromatic N) is 1. The van der Waals surface area contributed by atoms with Crippen molar-refractivity contribution in [3.05, 3.63) is 35.9 Å². The highest BCUT2D eigenvalue weighted by atomic mass is 16.2. The SMILES string of the molecule is CCC1CCC2(CC1)NC(=O)N(CC(=O)NCC(N)c1ccccc1)C2=O. The molecular weight excluding hydrogens is 344 g/mol. The normalized spacial score (nSPS) is 26.1. The van der Waals surface area contributed by atoms with E-state index in [1.165, 1.54) is 0 Å². The summed E-state index contributed by atoms with van der Waals surface area (Å²) in [4.78, 5) is 38.4. The van der Waals surface area contributed by atoms with Crippen LogP contribution in [0.4, 0.5) is 4.79 Å². The molecule has 2 aliphatic rings. The average molecular weight is 372 g/mol. The number of carbonyl (C=O) groups excluding carboxylic acids is 3. The zero-order valence-electron chi connectivity index (χ0n) is 15.7. The Balaban J connectivity index is 1.53. The van der Waals surface area contributed by atoms with E-state index in [4.69, 9.17) is 5.73 Å². The third-order valence-corrected chi connectivity index (χ3v) is 5.83. The molecule has 3 rings (SSSR count). The topological polar surface area (TPSA) is 105 Å². The van der Waals surface area contributed by atoms with Gasteiger partial charge in [0.2, 0.25) is 5.91 Å². The van der Waals surface area contributed by atoms with Crippen LogP contribution in [0.2, 0.25) is 0 Å². The second-order valence-electron chi connectivity index (χ2n) is 7.58. The zero-order chi connectivity index (χ0) is 19.4. The van der Waals surface area contributed by atoms with Crippen LogP contribution in [0.5, 0.6) is 0 Å². The second kappa shape index (κ2) is 8.08. The fourth-order valence-electron chi connectivity index (χ4n) is 3.98. The first-order valence-corrected chi connectivity index (χ1v) is 9.66. The number of nitrogens with two attached hydrogens (primary N) is 1. The Labute approximate surface area is 159 Å². The Morgan fingerprint density at radius 1 is 1.30 bits per heavy atom. The lowest BCUT2D eigenvalue weighted by atomic mass is 9.75. The standard InChI is InChI=1S/C20H28N4O3/c1-2-14-8-10-20(11-9-14)18(26)24(19(27)23-20)13-17(25)22-12-16(21)15-6-4-3-5-7-15/h3-7,14,16H,2,8-13,21H2,1H3,(H,22,25)(H,23,27). The van der Waals surface area contributed by atoms with Crippen molar-refractivity contribution in [2.75, 3.05) is 13.1 Å². The third kappa shape index (κ3) is 4.13. The maximum absolute atomic E-state index is 12.8. The Kier molecular flexibility index (Phi) is 5.79. The Bertz CT molecular complexity index is 698. The van der Waals surface area contributed by atoms with Gasteiger partial charge >= 0.3 is 6.03 Å². The third-order valence-electron chi connectivity index (χ3n) is 5.83. The number of carbonyl (C=O) groups is 3. The summed E-state index contributed by atoms with van der Waals surface area (Å²) < 4.78 is 0. The van der Waals surface area contributed by atoms with Crippen molar-refractivity contribution in [2.24, 2.45) is 11.7 Å². The van der Waals surface area contributed by atoms with Crippen molar-refractivity contribution in [3.63, 3.8) is 0 Å². The van der Waals surface area contributed by atoms with Crippen LogP contribution < -0.4 is 16.4 Å². The highest BCUT2D eigenvalue weighted by molar-refractivity contribution is 6.09. The van der Waals surface area contributed by atoms with E-state index < -0.39 is 11.6 Å². The predicted octanol–water partition coefficient (Wildman–Crippen LogP) is 1.69. The van der Waals surface area contributed by atoms with E-state index in [0.29, 0.717) is 18.8 Å². The minimum atomic E-state index is -0.816. The van der Waals surface area contributed by atoms with E-state index in [-0.39, 0.29) is 30.9 Å². The molecule has 0 radical (unpaired) electrons. The van der Waals surface area contributed by atoms with Crippen molar-refractivity contribution in [1.29, 1.82) is 0 Å². The molecule has 1 spiro atoms. The van der Waals surface area contributed by atoms with Gasteiger partial charge in [0.15, 0.2) is 0 Å². The maximum atomic E-state index is 12.8. The van der Waals surface area contributed by atoms with Crippen molar-refractivity contribution >= 4 is 17.8 Å². The summed E-state index contributed by atoms with van der Waals surface area (Å²) in [6, 6.07) is 8.64. The number of imide groups is 1. The van der Waals surface area contributed by atoms with E-state index in [1.807, 2.05) is 30.3 Å². The first kappa shape index (κ1) is 19.4. The summed E-state index contributed by atoms with van der Waals surface area (Å²) in [5.41, 5.74) is 6.17. The summed E-state index contributed by atoms with van der Waals surface area (Å²) in [5, 5.41) is 5.56. The summed E-state index contributed by atoms with van der Waals surface area (Å²) in [6.45, 7) is 2.12. The molecule has 4 N–H and O–H groups in total. The lowest BCUT2D eigenvalue weighted by Crippen LogP contribution is -2.50. The molecule has 27 heavy (non-hydrogen) atoms. The van der Waals surface area contributed by atoms with Crippen LogP contribution >= 0.6 is 0 Å². The predicted molar refractivity (Wildman–Crippen MR) is 102 cm³/mol. The largest absolute Gasteiger partial charge is 0.353 e. The minimum absolute atomic E-state index is 0.246. The van der Waals surface area contributed by atoms with Crippen LogP contribution in [0.25, 0.3) is 0 Å². The van der Waals surface area contributed by atoms with Gasteiger partial charge in [-0.2, -0.15) is 0 Å². The van der Waals surface area contributed by atoms with Gasteiger partial charge in [0.25, 0.3) is 5.91 Å². The molecule has 0 aromatic heterocycles.